The van der Waals surface area contributed by atoms with Gasteiger partial charge in [-0.2, -0.15) is 0 Å². The minimum Gasteiger partial charge on any atom is -0.488 e. The second kappa shape index (κ2) is 7.51. The third-order valence-electron chi connectivity index (χ3n) is 3.69. The molecule has 1 aliphatic rings. The molecule has 2 rings (SSSR count). The second-order valence-electron chi connectivity index (χ2n) is 5.18. The van der Waals surface area contributed by atoms with E-state index in [1.165, 1.54) is 0 Å². The van der Waals surface area contributed by atoms with Gasteiger partial charge in [0.2, 0.25) is 0 Å². The molecule has 0 bridgehead atoms. The molecule has 1 saturated carbocycles. The molecule has 2 N–H and O–H groups in total. The number of hydrogen-bond acceptors (Lipinski definition) is 3. The zero-order valence-electron chi connectivity index (χ0n) is 11.7. The Kier molecular flexibility index (Phi) is 5.97. The summed E-state index contributed by atoms with van der Waals surface area (Å²) in [5.41, 5.74) is 6.62. The highest BCUT2D eigenvalue weighted by Gasteiger charge is 2.24. The van der Waals surface area contributed by atoms with E-state index in [0.29, 0.717) is 23.0 Å². The Bertz CT molecular complexity index is 454. The van der Waals surface area contributed by atoms with Crippen LogP contribution in [-0.2, 0) is 11.2 Å². The topological polar surface area (TPSA) is 44.5 Å². The predicted molar refractivity (Wildman–Crippen MR) is 82.9 cm³/mol. The van der Waals surface area contributed by atoms with Crippen molar-refractivity contribution in [3.63, 3.8) is 0 Å². The zero-order chi connectivity index (χ0) is 14.5. The standard InChI is InChI=1S/C15H21Cl2NO2/c1-19-12-3-2-4-13(9-12)20-15-10(5-6-18)7-11(16)8-14(15)17/h7-8,12-13H,2-6,9,18H2,1H3. The summed E-state index contributed by atoms with van der Waals surface area (Å²) in [6, 6.07) is 3.60. The Balaban J connectivity index is 2.15. The first-order chi connectivity index (χ1) is 9.63. The summed E-state index contributed by atoms with van der Waals surface area (Å²) in [7, 11) is 1.75. The van der Waals surface area contributed by atoms with Crippen molar-refractivity contribution in [1.29, 1.82) is 0 Å². The Morgan fingerprint density at radius 3 is 2.70 bits per heavy atom. The quantitative estimate of drug-likeness (QED) is 0.897. The van der Waals surface area contributed by atoms with Gasteiger partial charge in [-0.05, 0) is 49.9 Å². The number of rotatable bonds is 5. The number of benzene rings is 1. The van der Waals surface area contributed by atoms with E-state index in [2.05, 4.69) is 0 Å². The van der Waals surface area contributed by atoms with E-state index in [9.17, 15) is 0 Å². The van der Waals surface area contributed by atoms with Crippen molar-refractivity contribution in [1.82, 2.24) is 0 Å². The SMILES string of the molecule is COC1CCCC(Oc2c(Cl)cc(Cl)cc2CCN)C1. The van der Waals surface area contributed by atoms with Crippen LogP contribution in [0.1, 0.15) is 31.2 Å². The van der Waals surface area contributed by atoms with Crippen molar-refractivity contribution in [3.8, 4) is 5.75 Å². The highest BCUT2D eigenvalue weighted by molar-refractivity contribution is 6.35. The van der Waals surface area contributed by atoms with Gasteiger partial charge in [-0.3, -0.25) is 0 Å². The Morgan fingerprint density at radius 1 is 1.25 bits per heavy atom. The molecule has 0 aliphatic heterocycles. The van der Waals surface area contributed by atoms with Gasteiger partial charge in [0.25, 0.3) is 0 Å². The van der Waals surface area contributed by atoms with Crippen LogP contribution in [0.25, 0.3) is 0 Å². The molecule has 112 valence electrons. The Labute approximate surface area is 130 Å². The highest BCUT2D eigenvalue weighted by atomic mass is 35.5. The molecule has 1 fully saturated rings. The lowest BCUT2D eigenvalue weighted by Crippen LogP contribution is -2.29. The summed E-state index contributed by atoms with van der Waals surface area (Å²) in [6.07, 6.45) is 5.26. The lowest BCUT2D eigenvalue weighted by atomic mass is 9.95. The summed E-state index contributed by atoms with van der Waals surface area (Å²) in [6.45, 7) is 0.540. The molecule has 0 spiro atoms. The fourth-order valence-corrected chi connectivity index (χ4v) is 3.26. The van der Waals surface area contributed by atoms with Crippen molar-refractivity contribution in [3.05, 3.63) is 27.7 Å². The smallest absolute Gasteiger partial charge is 0.141 e. The minimum absolute atomic E-state index is 0.142. The summed E-state index contributed by atoms with van der Waals surface area (Å²) >= 11 is 12.3. The number of methoxy groups -OCH3 is 1. The maximum Gasteiger partial charge on any atom is 0.141 e. The van der Waals surface area contributed by atoms with Gasteiger partial charge in [-0.1, -0.05) is 23.2 Å². The first kappa shape index (κ1) is 15.9. The van der Waals surface area contributed by atoms with Crippen LogP contribution in [0.5, 0.6) is 5.75 Å². The van der Waals surface area contributed by atoms with Crippen molar-refractivity contribution in [2.24, 2.45) is 5.73 Å². The lowest BCUT2D eigenvalue weighted by Gasteiger charge is -2.29. The molecule has 3 nitrogen and oxygen atoms in total. The van der Waals surface area contributed by atoms with Gasteiger partial charge in [0, 0.05) is 18.6 Å². The van der Waals surface area contributed by atoms with Crippen LogP contribution in [0.15, 0.2) is 12.1 Å². The fourth-order valence-electron chi connectivity index (χ4n) is 2.68. The zero-order valence-corrected chi connectivity index (χ0v) is 13.2. The van der Waals surface area contributed by atoms with Crippen LogP contribution in [0.4, 0.5) is 0 Å². The summed E-state index contributed by atoms with van der Waals surface area (Å²) < 4.78 is 11.6. The molecule has 1 aliphatic carbocycles. The summed E-state index contributed by atoms with van der Waals surface area (Å²) in [5, 5.41) is 1.17. The molecule has 0 radical (unpaired) electrons. The van der Waals surface area contributed by atoms with E-state index < -0.39 is 0 Å². The monoisotopic (exact) mass is 317 g/mol. The van der Waals surface area contributed by atoms with E-state index in [1.807, 2.05) is 6.07 Å². The highest BCUT2D eigenvalue weighted by Crippen LogP contribution is 2.35. The van der Waals surface area contributed by atoms with Gasteiger partial charge in [0.05, 0.1) is 11.1 Å². The van der Waals surface area contributed by atoms with Crippen LogP contribution in [0.3, 0.4) is 0 Å². The van der Waals surface area contributed by atoms with Crippen LogP contribution in [0.2, 0.25) is 10.0 Å². The van der Waals surface area contributed by atoms with Gasteiger partial charge in [-0.25, -0.2) is 0 Å². The molecule has 0 aromatic heterocycles. The molecule has 0 saturated heterocycles. The van der Waals surface area contributed by atoms with Crippen LogP contribution in [0, 0.1) is 0 Å². The maximum absolute atomic E-state index is 6.28. The molecule has 0 amide bonds. The van der Waals surface area contributed by atoms with Crippen LogP contribution in [-0.4, -0.2) is 25.9 Å². The van der Waals surface area contributed by atoms with Crippen molar-refractivity contribution >= 4 is 23.2 Å². The van der Waals surface area contributed by atoms with Crippen molar-refractivity contribution in [2.45, 2.75) is 44.3 Å². The van der Waals surface area contributed by atoms with Gasteiger partial charge in [-0.15, -0.1) is 0 Å². The number of halogens is 2. The largest absolute Gasteiger partial charge is 0.488 e. The molecule has 2 atom stereocenters. The summed E-state index contributed by atoms with van der Waals surface area (Å²) in [5.74, 6) is 0.725. The first-order valence-electron chi connectivity index (χ1n) is 7.01. The Hall–Kier alpha value is -0.480. The Morgan fingerprint density at radius 2 is 2.00 bits per heavy atom. The average Bonchev–Trinajstić information content (AvgIpc) is 2.43. The third kappa shape index (κ3) is 4.01. The second-order valence-corrected chi connectivity index (χ2v) is 6.02. The van der Waals surface area contributed by atoms with E-state index >= 15 is 0 Å². The number of nitrogens with two attached hydrogens (primary N) is 1. The van der Waals surface area contributed by atoms with Gasteiger partial charge in [0.1, 0.15) is 11.9 Å². The molecule has 0 heterocycles. The van der Waals surface area contributed by atoms with Gasteiger partial charge < -0.3 is 15.2 Å². The first-order valence-corrected chi connectivity index (χ1v) is 7.77. The predicted octanol–water partition coefficient (Wildman–Crippen LogP) is 3.83. The molecule has 2 unspecified atom stereocenters. The van der Waals surface area contributed by atoms with Crippen molar-refractivity contribution in [2.75, 3.05) is 13.7 Å². The minimum atomic E-state index is 0.142. The van der Waals surface area contributed by atoms with E-state index in [1.54, 1.807) is 13.2 Å². The van der Waals surface area contributed by atoms with E-state index in [0.717, 1.165) is 37.0 Å². The van der Waals surface area contributed by atoms with Gasteiger partial charge >= 0.3 is 0 Å². The fraction of sp³-hybridized carbons (Fsp3) is 0.600. The molecular formula is C15H21Cl2NO2. The number of hydrogen-bond donors (Lipinski definition) is 1. The normalized spacial score (nSPS) is 22.8. The van der Waals surface area contributed by atoms with Crippen LogP contribution < -0.4 is 10.5 Å². The van der Waals surface area contributed by atoms with Crippen molar-refractivity contribution < 1.29 is 9.47 Å². The maximum atomic E-state index is 6.28. The molecule has 20 heavy (non-hydrogen) atoms. The average molecular weight is 318 g/mol. The summed E-state index contributed by atoms with van der Waals surface area (Å²) in [4.78, 5) is 0. The number of ether oxygens (including phenoxy) is 2. The molecule has 1 aromatic rings. The third-order valence-corrected chi connectivity index (χ3v) is 4.19. The molecule has 5 heteroatoms. The molecular weight excluding hydrogens is 297 g/mol. The van der Waals surface area contributed by atoms with E-state index in [-0.39, 0.29) is 12.2 Å². The van der Waals surface area contributed by atoms with Crippen LogP contribution >= 0.6 is 23.2 Å². The molecule has 1 aromatic carbocycles. The lowest BCUT2D eigenvalue weighted by molar-refractivity contribution is 0.0207. The van der Waals surface area contributed by atoms with E-state index in [4.69, 9.17) is 38.4 Å². The van der Waals surface area contributed by atoms with Gasteiger partial charge in [0.15, 0.2) is 0 Å².